The topological polar surface area (TPSA) is 83.1 Å². The van der Waals surface area contributed by atoms with Gasteiger partial charge in [-0.25, -0.2) is 0 Å². The van der Waals surface area contributed by atoms with Crippen LogP contribution in [0.2, 0.25) is 0 Å². The summed E-state index contributed by atoms with van der Waals surface area (Å²) in [5.41, 5.74) is 0.235. The Kier molecular flexibility index (Phi) is 8.33. The number of benzene rings is 2. The maximum atomic E-state index is 12.1. The molecule has 0 bridgehead atoms. The highest BCUT2D eigenvalue weighted by Crippen LogP contribution is 2.24. The quantitative estimate of drug-likeness (QED) is 0.457. The maximum Gasteiger partial charge on any atom is 0.573 e. The van der Waals surface area contributed by atoms with Crippen molar-refractivity contribution in [1.29, 1.82) is 0 Å². The first-order chi connectivity index (χ1) is 14.2. The van der Waals surface area contributed by atoms with Crippen molar-refractivity contribution in [3.05, 3.63) is 48.5 Å². The van der Waals surface area contributed by atoms with Gasteiger partial charge in [0.05, 0.1) is 13.7 Å². The van der Waals surface area contributed by atoms with Crippen LogP contribution in [0.25, 0.3) is 0 Å². The fourth-order valence-corrected chi connectivity index (χ4v) is 2.23. The molecule has 0 saturated carbocycles. The number of esters is 1. The smallest absolute Gasteiger partial charge is 0.497 e. The number of alkyl halides is 3. The molecule has 0 aromatic heterocycles. The first kappa shape index (κ1) is 22.9. The van der Waals surface area contributed by atoms with Gasteiger partial charge < -0.3 is 24.3 Å². The van der Waals surface area contributed by atoms with E-state index in [-0.39, 0.29) is 12.1 Å². The van der Waals surface area contributed by atoms with Gasteiger partial charge in [-0.3, -0.25) is 9.59 Å². The number of ether oxygens (including phenoxy) is 4. The van der Waals surface area contributed by atoms with Crippen molar-refractivity contribution in [2.45, 2.75) is 19.2 Å². The third kappa shape index (κ3) is 8.72. The summed E-state index contributed by atoms with van der Waals surface area (Å²) < 4.78 is 55.4. The fourth-order valence-electron chi connectivity index (χ4n) is 2.23. The largest absolute Gasteiger partial charge is 0.573 e. The van der Waals surface area contributed by atoms with Gasteiger partial charge in [-0.15, -0.1) is 13.2 Å². The molecule has 0 fully saturated rings. The van der Waals surface area contributed by atoms with Crippen molar-refractivity contribution in [2.24, 2.45) is 0 Å². The van der Waals surface area contributed by atoms with Gasteiger partial charge in [0.1, 0.15) is 17.2 Å². The van der Waals surface area contributed by atoms with Gasteiger partial charge in [0.2, 0.25) is 0 Å². The average Bonchev–Trinajstić information content (AvgIpc) is 2.70. The van der Waals surface area contributed by atoms with E-state index in [1.807, 2.05) is 0 Å². The summed E-state index contributed by atoms with van der Waals surface area (Å²) in [7, 11) is 1.56. The van der Waals surface area contributed by atoms with Crippen LogP contribution in [0.5, 0.6) is 17.2 Å². The van der Waals surface area contributed by atoms with Crippen LogP contribution in [0.3, 0.4) is 0 Å². The lowest BCUT2D eigenvalue weighted by atomic mass is 10.3. The van der Waals surface area contributed by atoms with E-state index in [9.17, 15) is 22.8 Å². The van der Waals surface area contributed by atoms with Gasteiger partial charge in [0, 0.05) is 12.1 Å². The highest BCUT2D eigenvalue weighted by molar-refractivity contribution is 5.92. The van der Waals surface area contributed by atoms with Crippen LogP contribution in [0, 0.1) is 0 Å². The molecular weight excluding hydrogens is 407 g/mol. The third-order valence-corrected chi connectivity index (χ3v) is 3.59. The Morgan fingerprint density at radius 3 is 2.13 bits per heavy atom. The molecule has 0 aliphatic heterocycles. The van der Waals surface area contributed by atoms with Gasteiger partial charge in [-0.1, -0.05) is 0 Å². The molecule has 0 aliphatic carbocycles. The Hall–Kier alpha value is -3.43. The summed E-state index contributed by atoms with van der Waals surface area (Å²) in [6.07, 6.45) is -4.33. The second kappa shape index (κ2) is 10.9. The molecule has 0 spiro atoms. The van der Waals surface area contributed by atoms with E-state index in [4.69, 9.17) is 14.2 Å². The molecule has 162 valence electrons. The molecule has 1 amide bonds. The van der Waals surface area contributed by atoms with Crippen molar-refractivity contribution in [2.75, 3.05) is 25.6 Å². The minimum absolute atomic E-state index is 0.0624. The van der Waals surface area contributed by atoms with Crippen molar-refractivity contribution < 1.29 is 41.7 Å². The van der Waals surface area contributed by atoms with E-state index >= 15 is 0 Å². The Morgan fingerprint density at radius 1 is 0.933 bits per heavy atom. The highest BCUT2D eigenvalue weighted by Gasteiger charge is 2.30. The molecule has 10 heteroatoms. The molecular formula is C20H20F3NO6. The Morgan fingerprint density at radius 2 is 1.53 bits per heavy atom. The summed E-state index contributed by atoms with van der Waals surface area (Å²) in [5.74, 6) is -0.270. The minimum Gasteiger partial charge on any atom is -0.497 e. The first-order valence-corrected chi connectivity index (χ1v) is 8.83. The molecule has 30 heavy (non-hydrogen) atoms. The van der Waals surface area contributed by atoms with Crippen LogP contribution in [0.4, 0.5) is 18.9 Å². The molecule has 2 aromatic carbocycles. The third-order valence-electron chi connectivity index (χ3n) is 3.59. The zero-order chi connectivity index (χ0) is 22.0. The normalized spacial score (nSPS) is 10.8. The molecule has 2 rings (SSSR count). The number of halogens is 3. The van der Waals surface area contributed by atoms with Crippen LogP contribution in [0.1, 0.15) is 12.8 Å². The number of hydrogen-bond donors (Lipinski definition) is 1. The summed E-state index contributed by atoms with van der Waals surface area (Å²) in [4.78, 5) is 23.4. The van der Waals surface area contributed by atoms with Crippen molar-refractivity contribution in [1.82, 2.24) is 0 Å². The predicted molar refractivity (Wildman–Crippen MR) is 100 cm³/mol. The molecule has 7 nitrogen and oxygen atoms in total. The summed E-state index contributed by atoms with van der Waals surface area (Å²) in [6.45, 7) is -0.223. The average molecular weight is 427 g/mol. The SMILES string of the molecule is COc1ccc(OCCCC(=O)OCC(=O)Nc2ccc(OC(F)(F)F)cc2)cc1. The first-order valence-electron chi connectivity index (χ1n) is 8.83. The number of methoxy groups -OCH3 is 1. The Balaban J connectivity index is 1.62. The van der Waals surface area contributed by atoms with E-state index < -0.39 is 30.6 Å². The highest BCUT2D eigenvalue weighted by atomic mass is 19.4. The minimum atomic E-state index is -4.79. The van der Waals surface area contributed by atoms with E-state index in [0.717, 1.165) is 12.1 Å². The van der Waals surface area contributed by atoms with Crippen molar-refractivity contribution in [3.8, 4) is 17.2 Å². The maximum absolute atomic E-state index is 12.1. The predicted octanol–water partition coefficient (Wildman–Crippen LogP) is 3.93. The standard InChI is InChI=1S/C20H20F3NO6/c1-27-15-8-10-16(11-9-15)28-12-2-3-19(26)29-13-18(25)24-14-4-6-17(7-5-14)30-20(21,22)23/h4-11H,2-3,12-13H2,1H3,(H,24,25). The van der Waals surface area contributed by atoms with Gasteiger partial charge in [0.25, 0.3) is 5.91 Å². The summed E-state index contributed by atoms with van der Waals surface area (Å²) in [6, 6.07) is 11.6. The van der Waals surface area contributed by atoms with E-state index in [2.05, 4.69) is 10.1 Å². The molecule has 1 N–H and O–H groups in total. The molecule has 0 heterocycles. The Bertz CT molecular complexity index is 822. The summed E-state index contributed by atoms with van der Waals surface area (Å²) in [5, 5.41) is 2.40. The molecule has 0 aliphatic rings. The zero-order valence-corrected chi connectivity index (χ0v) is 16.0. The monoisotopic (exact) mass is 427 g/mol. The molecule has 0 unspecified atom stereocenters. The van der Waals surface area contributed by atoms with Crippen LogP contribution >= 0.6 is 0 Å². The Labute approximate surface area is 170 Å². The van der Waals surface area contributed by atoms with Gasteiger partial charge in [-0.2, -0.15) is 0 Å². The van der Waals surface area contributed by atoms with Gasteiger partial charge in [-0.05, 0) is 55.0 Å². The lowest BCUT2D eigenvalue weighted by molar-refractivity contribution is -0.274. The number of carbonyl (C=O) groups excluding carboxylic acids is 2. The van der Waals surface area contributed by atoms with Gasteiger partial charge >= 0.3 is 12.3 Å². The number of rotatable bonds is 10. The molecule has 0 saturated heterocycles. The van der Waals surface area contributed by atoms with Crippen LogP contribution in [-0.2, 0) is 14.3 Å². The van der Waals surface area contributed by atoms with E-state index in [0.29, 0.717) is 24.5 Å². The number of amides is 1. The van der Waals surface area contributed by atoms with Crippen molar-refractivity contribution in [3.63, 3.8) is 0 Å². The van der Waals surface area contributed by atoms with E-state index in [1.54, 1.807) is 31.4 Å². The van der Waals surface area contributed by atoms with Crippen molar-refractivity contribution >= 4 is 17.6 Å². The zero-order valence-electron chi connectivity index (χ0n) is 16.0. The number of anilines is 1. The molecule has 0 radical (unpaired) electrons. The second-order valence-electron chi connectivity index (χ2n) is 5.91. The fraction of sp³-hybridized carbons (Fsp3) is 0.300. The molecule has 2 aromatic rings. The van der Waals surface area contributed by atoms with Crippen LogP contribution < -0.4 is 19.5 Å². The van der Waals surface area contributed by atoms with E-state index in [1.165, 1.54) is 12.1 Å². The number of carbonyl (C=O) groups is 2. The lowest BCUT2D eigenvalue weighted by Crippen LogP contribution is -2.21. The molecule has 0 atom stereocenters. The number of hydrogen-bond acceptors (Lipinski definition) is 6. The second-order valence-corrected chi connectivity index (χ2v) is 5.91. The lowest BCUT2D eigenvalue weighted by Gasteiger charge is -2.10. The van der Waals surface area contributed by atoms with Gasteiger partial charge in [0.15, 0.2) is 6.61 Å². The van der Waals surface area contributed by atoms with Crippen LogP contribution in [0.15, 0.2) is 48.5 Å². The summed E-state index contributed by atoms with van der Waals surface area (Å²) >= 11 is 0. The van der Waals surface area contributed by atoms with Crippen LogP contribution in [-0.4, -0.2) is 38.6 Å². The number of nitrogens with one attached hydrogen (secondary N) is 1.